The molecule has 0 amide bonds. The van der Waals surface area contributed by atoms with Crippen LogP contribution < -0.4 is 0 Å². The Hall–Kier alpha value is -0.970. The fourth-order valence-electron chi connectivity index (χ4n) is 2.34. The monoisotopic (exact) mass is 251 g/mol. The maximum atomic E-state index is 4.20. The van der Waals surface area contributed by atoms with E-state index >= 15 is 0 Å². The van der Waals surface area contributed by atoms with Crippen LogP contribution in [0.1, 0.15) is 52.8 Å². The van der Waals surface area contributed by atoms with Gasteiger partial charge in [0.15, 0.2) is 5.82 Å². The molecule has 0 N–H and O–H groups in total. The van der Waals surface area contributed by atoms with Crippen LogP contribution in [-0.2, 0) is 12.1 Å². The lowest BCUT2D eigenvalue weighted by atomic mass is 9.99. The van der Waals surface area contributed by atoms with Gasteiger partial charge in [0.2, 0.25) is 0 Å². The third-order valence-corrected chi connectivity index (χ3v) is 4.21. The van der Waals surface area contributed by atoms with E-state index in [1.807, 2.05) is 4.68 Å². The average Bonchev–Trinajstić information content (AvgIpc) is 2.81. The number of hydrogen-bond acceptors (Lipinski definition) is 4. The smallest absolute Gasteiger partial charge is 0.165 e. The number of likely N-dealkylation sites (tertiary alicyclic amines) is 1. The van der Waals surface area contributed by atoms with Crippen molar-refractivity contribution in [2.45, 2.75) is 59.0 Å². The van der Waals surface area contributed by atoms with E-state index in [2.05, 4.69) is 48.1 Å². The highest BCUT2D eigenvalue weighted by molar-refractivity contribution is 4.89. The van der Waals surface area contributed by atoms with Gasteiger partial charge in [0.1, 0.15) is 0 Å². The molecule has 0 saturated carbocycles. The topological polar surface area (TPSA) is 46.8 Å². The van der Waals surface area contributed by atoms with Crippen molar-refractivity contribution in [3.8, 4) is 0 Å². The van der Waals surface area contributed by atoms with Crippen molar-refractivity contribution in [1.82, 2.24) is 25.1 Å². The average molecular weight is 251 g/mol. The van der Waals surface area contributed by atoms with Crippen molar-refractivity contribution < 1.29 is 0 Å². The third-order valence-electron chi connectivity index (χ3n) is 4.21. The van der Waals surface area contributed by atoms with Gasteiger partial charge >= 0.3 is 0 Å². The molecular weight excluding hydrogens is 226 g/mol. The molecule has 0 radical (unpaired) electrons. The highest BCUT2D eigenvalue weighted by Gasteiger charge is 2.25. The van der Waals surface area contributed by atoms with Crippen molar-refractivity contribution in [1.29, 1.82) is 0 Å². The Morgan fingerprint density at radius 2 is 1.94 bits per heavy atom. The maximum absolute atomic E-state index is 4.20. The van der Waals surface area contributed by atoms with Crippen LogP contribution in [0.5, 0.6) is 0 Å². The minimum atomic E-state index is 0.00190. The van der Waals surface area contributed by atoms with Crippen molar-refractivity contribution in [2.75, 3.05) is 13.1 Å². The molecule has 0 unspecified atom stereocenters. The van der Waals surface area contributed by atoms with Crippen LogP contribution in [-0.4, -0.2) is 38.2 Å². The zero-order chi connectivity index (χ0) is 13.2. The summed E-state index contributed by atoms with van der Waals surface area (Å²) in [5.74, 6) is 1.86. The molecule has 0 aromatic carbocycles. The van der Waals surface area contributed by atoms with Crippen molar-refractivity contribution in [3.63, 3.8) is 0 Å². The zero-order valence-corrected chi connectivity index (χ0v) is 12.1. The summed E-state index contributed by atoms with van der Waals surface area (Å²) in [5.41, 5.74) is 0.00190. The highest BCUT2D eigenvalue weighted by atomic mass is 15.6. The van der Waals surface area contributed by atoms with Gasteiger partial charge in [-0.25, -0.2) is 4.68 Å². The van der Waals surface area contributed by atoms with Crippen LogP contribution >= 0.6 is 0 Å². The molecule has 102 valence electrons. The molecule has 1 aliphatic rings. The number of piperidine rings is 1. The number of tetrazole rings is 1. The first-order valence-corrected chi connectivity index (χ1v) is 7.03. The zero-order valence-electron chi connectivity index (χ0n) is 12.1. The summed E-state index contributed by atoms with van der Waals surface area (Å²) in [7, 11) is 0. The first-order chi connectivity index (χ1) is 8.53. The van der Waals surface area contributed by atoms with Gasteiger partial charge in [-0.3, -0.25) is 4.90 Å². The second-order valence-electron chi connectivity index (χ2n) is 6.13. The normalized spacial score (nSPS) is 19.3. The Morgan fingerprint density at radius 3 is 2.56 bits per heavy atom. The van der Waals surface area contributed by atoms with E-state index < -0.39 is 0 Å². The van der Waals surface area contributed by atoms with Crippen molar-refractivity contribution in [3.05, 3.63) is 5.82 Å². The Labute approximate surface area is 110 Å². The number of rotatable bonds is 4. The summed E-state index contributed by atoms with van der Waals surface area (Å²) in [6.07, 6.45) is 3.61. The van der Waals surface area contributed by atoms with Crippen LogP contribution in [0, 0.1) is 5.92 Å². The largest absolute Gasteiger partial charge is 0.296 e. The van der Waals surface area contributed by atoms with E-state index in [4.69, 9.17) is 0 Å². The fraction of sp³-hybridized carbons (Fsp3) is 0.923. The molecule has 18 heavy (non-hydrogen) atoms. The third kappa shape index (κ3) is 2.88. The van der Waals surface area contributed by atoms with E-state index in [0.29, 0.717) is 0 Å². The van der Waals surface area contributed by atoms with Crippen molar-refractivity contribution >= 4 is 0 Å². The van der Waals surface area contributed by atoms with Gasteiger partial charge in [0.25, 0.3) is 0 Å². The van der Waals surface area contributed by atoms with Crippen LogP contribution in [0.4, 0.5) is 0 Å². The van der Waals surface area contributed by atoms with E-state index in [1.54, 1.807) is 0 Å². The quantitative estimate of drug-likeness (QED) is 0.821. The lowest BCUT2D eigenvalue weighted by Crippen LogP contribution is -2.35. The van der Waals surface area contributed by atoms with Gasteiger partial charge in [-0.05, 0) is 62.5 Å². The molecule has 0 aliphatic carbocycles. The Morgan fingerprint density at radius 1 is 1.28 bits per heavy atom. The van der Waals surface area contributed by atoms with Crippen LogP contribution in [0.3, 0.4) is 0 Å². The molecule has 2 rings (SSSR count). The second-order valence-corrected chi connectivity index (χ2v) is 6.13. The molecule has 2 heterocycles. The van der Waals surface area contributed by atoms with Crippen LogP contribution in [0.25, 0.3) is 0 Å². The van der Waals surface area contributed by atoms with Crippen molar-refractivity contribution in [2.24, 2.45) is 5.92 Å². The van der Waals surface area contributed by atoms with E-state index in [-0.39, 0.29) is 5.54 Å². The molecule has 5 nitrogen and oxygen atoms in total. The van der Waals surface area contributed by atoms with Gasteiger partial charge in [-0.1, -0.05) is 13.8 Å². The fourth-order valence-corrected chi connectivity index (χ4v) is 2.34. The number of nitrogens with zero attached hydrogens (tertiary/aromatic N) is 5. The molecule has 0 atom stereocenters. The predicted octanol–water partition coefficient (Wildman–Crippen LogP) is 2.05. The minimum Gasteiger partial charge on any atom is -0.296 e. The van der Waals surface area contributed by atoms with Crippen LogP contribution in [0.2, 0.25) is 0 Å². The second kappa shape index (κ2) is 5.34. The molecule has 5 heteroatoms. The predicted molar refractivity (Wildman–Crippen MR) is 71.1 cm³/mol. The summed E-state index contributed by atoms with van der Waals surface area (Å²) >= 11 is 0. The maximum Gasteiger partial charge on any atom is 0.165 e. The summed E-state index contributed by atoms with van der Waals surface area (Å²) in [6, 6.07) is 0. The molecule has 0 bridgehead atoms. The number of hydrogen-bond donors (Lipinski definition) is 0. The molecule has 1 fully saturated rings. The molecule has 1 saturated heterocycles. The van der Waals surface area contributed by atoms with Gasteiger partial charge in [-0.15, -0.1) is 5.10 Å². The van der Waals surface area contributed by atoms with Gasteiger partial charge in [0.05, 0.1) is 12.1 Å². The van der Waals surface area contributed by atoms with Gasteiger partial charge in [0, 0.05) is 0 Å². The Bertz CT molecular complexity index is 376. The Balaban J connectivity index is 2.04. The van der Waals surface area contributed by atoms with Gasteiger partial charge < -0.3 is 0 Å². The van der Waals surface area contributed by atoms with E-state index in [1.165, 1.54) is 25.9 Å². The first kappa shape index (κ1) is 13.5. The molecule has 1 aliphatic heterocycles. The molecule has 1 aromatic rings. The number of aromatic nitrogens is 4. The van der Waals surface area contributed by atoms with Gasteiger partial charge in [-0.2, -0.15) is 0 Å². The van der Waals surface area contributed by atoms with E-state index in [9.17, 15) is 0 Å². The SMILES string of the molecule is CCC(C)(C)n1nnnc1CN1CCC(C)CC1. The molecule has 0 spiro atoms. The Kier molecular flexibility index (Phi) is 4.00. The summed E-state index contributed by atoms with van der Waals surface area (Å²) in [4.78, 5) is 2.47. The standard InChI is InChI=1S/C13H25N5/c1-5-13(3,4)18-12(14-15-16-18)10-17-8-6-11(2)7-9-17/h11H,5-10H2,1-4H3. The summed E-state index contributed by atoms with van der Waals surface area (Å²) in [6.45, 7) is 12.1. The minimum absolute atomic E-state index is 0.00190. The van der Waals surface area contributed by atoms with E-state index in [0.717, 1.165) is 24.7 Å². The first-order valence-electron chi connectivity index (χ1n) is 7.03. The lowest BCUT2D eigenvalue weighted by molar-refractivity contribution is 0.171. The molecule has 1 aromatic heterocycles. The summed E-state index contributed by atoms with van der Waals surface area (Å²) < 4.78 is 1.99. The summed E-state index contributed by atoms with van der Waals surface area (Å²) in [5, 5.41) is 12.2. The molecular formula is C13H25N5. The lowest BCUT2D eigenvalue weighted by Gasteiger charge is -2.31. The highest BCUT2D eigenvalue weighted by Crippen LogP contribution is 2.21. The van der Waals surface area contributed by atoms with Crippen LogP contribution in [0.15, 0.2) is 0 Å².